The summed E-state index contributed by atoms with van der Waals surface area (Å²) in [5, 5.41) is 16.4. The lowest BCUT2D eigenvalue weighted by Crippen LogP contribution is -2.37. The van der Waals surface area contributed by atoms with Crippen LogP contribution in [0.25, 0.3) is 22.2 Å². The van der Waals surface area contributed by atoms with Gasteiger partial charge in [0.15, 0.2) is 0 Å². The molecule has 2 amide bonds. The molecule has 0 fully saturated rings. The minimum atomic E-state index is -0.170. The number of aromatic amines is 1. The molecular formula is C27H29N3O2. The van der Waals surface area contributed by atoms with E-state index in [0.717, 1.165) is 23.2 Å². The number of para-hydroxylation sites is 1. The minimum Gasteiger partial charge on any atom is -0.508 e. The Morgan fingerprint density at radius 2 is 1.53 bits per heavy atom. The number of urea groups is 1. The number of aromatic nitrogens is 1. The van der Waals surface area contributed by atoms with Gasteiger partial charge in [0.2, 0.25) is 0 Å². The maximum atomic E-state index is 12.3. The summed E-state index contributed by atoms with van der Waals surface area (Å²) in [5.74, 6) is 0.247. The summed E-state index contributed by atoms with van der Waals surface area (Å²) >= 11 is 0. The molecule has 0 spiro atoms. The molecule has 1 aromatic heterocycles. The van der Waals surface area contributed by atoms with E-state index in [0.29, 0.717) is 19.5 Å². The highest BCUT2D eigenvalue weighted by Crippen LogP contribution is 2.31. The Balaban J connectivity index is 1.40. The summed E-state index contributed by atoms with van der Waals surface area (Å²) < 4.78 is 0. The molecule has 0 saturated heterocycles. The molecule has 0 radical (unpaired) electrons. The number of phenols is 1. The van der Waals surface area contributed by atoms with Gasteiger partial charge in [0.05, 0.1) is 0 Å². The maximum absolute atomic E-state index is 12.3. The Morgan fingerprint density at radius 3 is 2.25 bits per heavy atom. The second kappa shape index (κ2) is 9.60. The first kappa shape index (κ1) is 21.5. The lowest BCUT2D eigenvalue weighted by Gasteiger charge is -2.10. The molecule has 0 saturated carbocycles. The Morgan fingerprint density at radius 1 is 0.875 bits per heavy atom. The minimum absolute atomic E-state index is 0.170. The van der Waals surface area contributed by atoms with Crippen LogP contribution in [0.3, 0.4) is 0 Å². The van der Waals surface area contributed by atoms with Gasteiger partial charge >= 0.3 is 6.03 Å². The van der Waals surface area contributed by atoms with Gasteiger partial charge in [0, 0.05) is 29.7 Å². The fourth-order valence-electron chi connectivity index (χ4n) is 4.17. The molecule has 0 unspecified atom stereocenters. The van der Waals surface area contributed by atoms with Crippen molar-refractivity contribution in [2.75, 3.05) is 13.1 Å². The molecule has 1 heterocycles. The SMILES string of the molecule is Cc1cc(C)cc(-c2[nH]c3ccccc3c2CCNC(=O)NCCc2ccc(O)cc2)c1. The third-order valence-electron chi connectivity index (χ3n) is 5.62. The van der Waals surface area contributed by atoms with Crippen molar-refractivity contribution in [3.63, 3.8) is 0 Å². The van der Waals surface area contributed by atoms with Crippen LogP contribution in [0.15, 0.2) is 66.7 Å². The molecule has 0 aliphatic heterocycles. The molecule has 32 heavy (non-hydrogen) atoms. The van der Waals surface area contributed by atoms with Crippen LogP contribution in [-0.2, 0) is 12.8 Å². The molecule has 0 aliphatic rings. The first-order valence-corrected chi connectivity index (χ1v) is 11.0. The zero-order chi connectivity index (χ0) is 22.5. The van der Waals surface area contributed by atoms with Gasteiger partial charge in [-0.15, -0.1) is 0 Å². The number of aryl methyl sites for hydroxylation is 2. The van der Waals surface area contributed by atoms with Gasteiger partial charge in [-0.1, -0.05) is 47.5 Å². The highest BCUT2D eigenvalue weighted by atomic mass is 16.3. The molecule has 0 aliphatic carbocycles. The Hall–Kier alpha value is -3.73. The zero-order valence-corrected chi connectivity index (χ0v) is 18.5. The van der Waals surface area contributed by atoms with E-state index in [4.69, 9.17) is 0 Å². The quantitative estimate of drug-likeness (QED) is 0.325. The fourth-order valence-corrected chi connectivity index (χ4v) is 4.17. The van der Waals surface area contributed by atoms with Crippen molar-refractivity contribution in [1.29, 1.82) is 0 Å². The van der Waals surface area contributed by atoms with Crippen LogP contribution < -0.4 is 10.6 Å². The number of hydrogen-bond donors (Lipinski definition) is 4. The smallest absolute Gasteiger partial charge is 0.314 e. The van der Waals surface area contributed by atoms with Crippen molar-refractivity contribution < 1.29 is 9.90 Å². The van der Waals surface area contributed by atoms with Gasteiger partial charge in [0.25, 0.3) is 0 Å². The number of carbonyl (C=O) groups excluding carboxylic acids is 1. The van der Waals surface area contributed by atoms with E-state index in [2.05, 4.69) is 65.9 Å². The van der Waals surface area contributed by atoms with E-state index in [9.17, 15) is 9.90 Å². The average molecular weight is 428 g/mol. The number of aromatic hydroxyl groups is 1. The van der Waals surface area contributed by atoms with Crippen molar-refractivity contribution in [3.8, 4) is 17.0 Å². The molecule has 164 valence electrons. The third-order valence-corrected chi connectivity index (χ3v) is 5.62. The lowest BCUT2D eigenvalue weighted by atomic mass is 9.99. The van der Waals surface area contributed by atoms with Gasteiger partial charge in [-0.05, 0) is 73.7 Å². The van der Waals surface area contributed by atoms with E-state index in [1.807, 2.05) is 18.2 Å². The van der Waals surface area contributed by atoms with E-state index in [1.54, 1.807) is 12.1 Å². The fraction of sp³-hybridized carbons (Fsp3) is 0.222. The largest absolute Gasteiger partial charge is 0.508 e. The van der Waals surface area contributed by atoms with Gasteiger partial charge in [0.1, 0.15) is 5.75 Å². The number of carbonyl (C=O) groups is 1. The summed E-state index contributed by atoms with van der Waals surface area (Å²) in [4.78, 5) is 15.8. The molecule has 0 bridgehead atoms. The average Bonchev–Trinajstić information content (AvgIpc) is 3.13. The molecule has 5 nitrogen and oxygen atoms in total. The number of fused-ring (bicyclic) bond motifs is 1. The predicted octanol–water partition coefficient (Wildman–Crippen LogP) is 5.24. The lowest BCUT2D eigenvalue weighted by molar-refractivity contribution is 0.241. The van der Waals surface area contributed by atoms with E-state index >= 15 is 0 Å². The molecule has 5 heteroatoms. The summed E-state index contributed by atoms with van der Waals surface area (Å²) in [6.07, 6.45) is 1.45. The summed E-state index contributed by atoms with van der Waals surface area (Å²) in [7, 11) is 0. The van der Waals surface area contributed by atoms with Crippen molar-refractivity contribution in [1.82, 2.24) is 15.6 Å². The predicted molar refractivity (Wildman–Crippen MR) is 130 cm³/mol. The van der Waals surface area contributed by atoms with Crippen LogP contribution in [-0.4, -0.2) is 29.2 Å². The topological polar surface area (TPSA) is 77.2 Å². The Labute approximate surface area is 188 Å². The summed E-state index contributed by atoms with van der Waals surface area (Å²) in [6, 6.07) is 21.7. The zero-order valence-electron chi connectivity index (χ0n) is 18.5. The van der Waals surface area contributed by atoms with Crippen LogP contribution in [0, 0.1) is 13.8 Å². The first-order valence-electron chi connectivity index (χ1n) is 11.0. The second-order valence-corrected chi connectivity index (χ2v) is 8.25. The normalized spacial score (nSPS) is 10.9. The number of H-pyrrole nitrogens is 1. The van der Waals surface area contributed by atoms with Crippen molar-refractivity contribution >= 4 is 16.9 Å². The van der Waals surface area contributed by atoms with Crippen molar-refractivity contribution in [2.24, 2.45) is 0 Å². The van der Waals surface area contributed by atoms with Gasteiger partial charge < -0.3 is 20.7 Å². The van der Waals surface area contributed by atoms with Crippen molar-refractivity contribution in [2.45, 2.75) is 26.7 Å². The van der Waals surface area contributed by atoms with E-state index in [1.165, 1.54) is 27.6 Å². The van der Waals surface area contributed by atoms with Crippen LogP contribution in [0.1, 0.15) is 22.3 Å². The maximum Gasteiger partial charge on any atom is 0.314 e. The molecule has 4 N–H and O–H groups in total. The van der Waals surface area contributed by atoms with E-state index in [-0.39, 0.29) is 11.8 Å². The molecule has 0 atom stereocenters. The molecular weight excluding hydrogens is 398 g/mol. The number of nitrogens with one attached hydrogen (secondary N) is 3. The highest BCUT2D eigenvalue weighted by Gasteiger charge is 2.14. The number of amides is 2. The highest BCUT2D eigenvalue weighted by molar-refractivity contribution is 5.91. The van der Waals surface area contributed by atoms with Crippen LogP contribution in [0.2, 0.25) is 0 Å². The molecule has 4 rings (SSSR count). The van der Waals surface area contributed by atoms with Crippen molar-refractivity contribution in [3.05, 3.63) is 89.0 Å². The van der Waals surface area contributed by atoms with E-state index < -0.39 is 0 Å². The Kier molecular flexibility index (Phi) is 6.45. The second-order valence-electron chi connectivity index (χ2n) is 8.25. The standard InChI is InChI=1S/C27H29N3O2/c1-18-15-19(2)17-21(16-18)26-24(23-5-3-4-6-25(23)30-26)12-14-29-27(32)28-13-11-20-7-9-22(31)10-8-20/h3-10,15-17,30-31H,11-14H2,1-2H3,(H2,28,29,32). The van der Waals surface area contributed by atoms with Gasteiger partial charge in [-0.2, -0.15) is 0 Å². The third kappa shape index (κ3) is 5.11. The van der Waals surface area contributed by atoms with Gasteiger partial charge in [-0.3, -0.25) is 0 Å². The van der Waals surface area contributed by atoms with Crippen LogP contribution in [0.4, 0.5) is 4.79 Å². The van der Waals surface area contributed by atoms with Crippen LogP contribution in [0.5, 0.6) is 5.75 Å². The molecule has 3 aromatic carbocycles. The molecule has 4 aromatic rings. The number of rotatable bonds is 7. The van der Waals surface area contributed by atoms with Crippen LogP contribution >= 0.6 is 0 Å². The number of hydrogen-bond acceptors (Lipinski definition) is 2. The monoisotopic (exact) mass is 427 g/mol. The summed E-state index contributed by atoms with van der Waals surface area (Å²) in [5.41, 5.74) is 8.15. The first-order chi connectivity index (χ1) is 15.5. The Bertz CT molecular complexity index is 1210. The van der Waals surface area contributed by atoms with Gasteiger partial charge in [-0.25, -0.2) is 4.79 Å². The summed E-state index contributed by atoms with van der Waals surface area (Å²) in [6.45, 7) is 5.31. The number of benzene rings is 3. The number of phenolic OH excluding ortho intramolecular Hbond substituents is 1.